The minimum absolute atomic E-state index is 0.208. The van der Waals surface area contributed by atoms with Crippen molar-refractivity contribution >= 4 is 70.1 Å². The van der Waals surface area contributed by atoms with Crippen molar-refractivity contribution in [1.82, 2.24) is 9.84 Å². The Morgan fingerprint density at radius 3 is 2.67 bits per heavy atom. The minimum Gasteiger partial charge on any atom is -0.275 e. The summed E-state index contributed by atoms with van der Waals surface area (Å²) < 4.78 is -0.377. The van der Waals surface area contributed by atoms with Crippen LogP contribution < -0.4 is 10.3 Å². The van der Waals surface area contributed by atoms with Gasteiger partial charge >= 0.3 is 6.03 Å². The molecular formula is C12H13Cl4N3OS. The minimum atomic E-state index is -1.62. The maximum atomic E-state index is 12.5. The largest absolute Gasteiger partial charge is 0.350 e. The van der Waals surface area contributed by atoms with E-state index >= 15 is 0 Å². The van der Waals surface area contributed by atoms with Crippen molar-refractivity contribution in [1.29, 1.82) is 0 Å². The van der Waals surface area contributed by atoms with Gasteiger partial charge in [0.1, 0.15) is 6.17 Å². The number of benzene rings is 1. The molecule has 0 aromatic heterocycles. The zero-order chi connectivity index (χ0) is 15.6. The fourth-order valence-electron chi connectivity index (χ4n) is 2.03. The van der Waals surface area contributed by atoms with Gasteiger partial charge in [-0.15, -0.1) is 0 Å². The van der Waals surface area contributed by atoms with E-state index < -0.39 is 3.12 Å². The van der Waals surface area contributed by atoms with Gasteiger partial charge in [-0.1, -0.05) is 65.8 Å². The average Bonchev–Trinajstić information content (AvgIpc) is 2.64. The van der Waals surface area contributed by atoms with E-state index in [2.05, 4.69) is 5.43 Å². The van der Waals surface area contributed by atoms with Gasteiger partial charge in [-0.3, -0.25) is 4.90 Å². The molecule has 1 saturated heterocycles. The Morgan fingerprint density at radius 2 is 2.10 bits per heavy atom. The monoisotopic (exact) mass is 387 g/mol. The number of hydrogen-bond acceptors (Lipinski definition) is 3. The van der Waals surface area contributed by atoms with Gasteiger partial charge in [-0.05, 0) is 24.6 Å². The highest BCUT2D eigenvalue weighted by Gasteiger charge is 2.41. The quantitative estimate of drug-likeness (QED) is 0.569. The van der Waals surface area contributed by atoms with E-state index in [4.69, 9.17) is 46.4 Å². The molecule has 1 aliphatic rings. The fraction of sp³-hybridized carbons (Fsp3) is 0.417. The number of halogens is 4. The predicted molar refractivity (Wildman–Crippen MR) is 90.9 cm³/mol. The van der Waals surface area contributed by atoms with E-state index in [0.29, 0.717) is 10.7 Å². The first kappa shape index (κ1) is 17.3. The standard InChI is InChI=1S/C12H13Cl4N3OS/c1-2-4-10-17-19(21-12(14,15)16)11(20)18(10)9-6-3-5-8(13)7-9/h3,5-7,10,17H,2,4H2,1H3. The second kappa shape index (κ2) is 7.02. The van der Waals surface area contributed by atoms with Crippen LogP contribution in [0, 0.1) is 0 Å². The Labute approximate surface area is 147 Å². The summed E-state index contributed by atoms with van der Waals surface area (Å²) in [5.41, 5.74) is 3.74. The number of carbonyl (C=O) groups excluding carboxylic acids is 1. The molecule has 1 N–H and O–H groups in total. The Hall–Kier alpha value is -0.0400. The van der Waals surface area contributed by atoms with Crippen LogP contribution in [0.15, 0.2) is 24.3 Å². The van der Waals surface area contributed by atoms with Crippen LogP contribution in [-0.4, -0.2) is 19.7 Å². The van der Waals surface area contributed by atoms with E-state index in [9.17, 15) is 4.79 Å². The summed E-state index contributed by atoms with van der Waals surface area (Å²) in [6.45, 7) is 2.03. The fourth-order valence-corrected chi connectivity index (χ4v) is 3.38. The molecule has 4 nitrogen and oxygen atoms in total. The molecule has 1 aromatic carbocycles. The summed E-state index contributed by atoms with van der Waals surface area (Å²) in [6.07, 6.45) is 1.45. The van der Waals surface area contributed by atoms with E-state index in [1.807, 2.05) is 13.0 Å². The van der Waals surface area contributed by atoms with Crippen molar-refractivity contribution in [2.24, 2.45) is 0 Å². The van der Waals surface area contributed by atoms with Gasteiger partial charge in [-0.2, -0.15) is 9.84 Å². The van der Waals surface area contributed by atoms with E-state index in [0.717, 1.165) is 24.8 Å². The van der Waals surface area contributed by atoms with Crippen LogP contribution in [0.2, 0.25) is 5.02 Å². The molecule has 1 heterocycles. The Morgan fingerprint density at radius 1 is 1.38 bits per heavy atom. The van der Waals surface area contributed by atoms with E-state index in [1.54, 1.807) is 23.1 Å². The number of nitrogens with one attached hydrogen (secondary N) is 1. The number of alkyl halides is 3. The molecule has 0 spiro atoms. The second-order valence-electron chi connectivity index (χ2n) is 4.40. The molecule has 9 heteroatoms. The molecule has 1 unspecified atom stereocenters. The maximum absolute atomic E-state index is 12.5. The lowest BCUT2D eigenvalue weighted by atomic mass is 10.2. The second-order valence-corrected chi connectivity index (χ2v) is 8.95. The van der Waals surface area contributed by atoms with Gasteiger partial charge in [0.2, 0.25) is 0 Å². The van der Waals surface area contributed by atoms with Crippen LogP contribution in [0.25, 0.3) is 0 Å². The van der Waals surface area contributed by atoms with Crippen molar-refractivity contribution in [3.8, 4) is 0 Å². The van der Waals surface area contributed by atoms with E-state index in [-0.39, 0.29) is 12.2 Å². The molecule has 0 saturated carbocycles. The Bertz CT molecular complexity index is 525. The SMILES string of the molecule is CCCC1NN(SC(Cl)(Cl)Cl)C(=O)N1c1cccc(Cl)c1. The van der Waals surface area contributed by atoms with Gasteiger partial charge in [-0.25, -0.2) is 4.79 Å². The maximum Gasteiger partial charge on any atom is 0.350 e. The highest BCUT2D eigenvalue weighted by atomic mass is 35.6. The number of nitrogens with zero attached hydrogens (tertiary/aromatic N) is 2. The molecule has 1 aliphatic heterocycles. The number of carbonyl (C=O) groups is 1. The highest BCUT2D eigenvalue weighted by molar-refractivity contribution is 8.03. The molecule has 1 fully saturated rings. The molecule has 116 valence electrons. The van der Waals surface area contributed by atoms with Crippen LogP contribution >= 0.6 is 58.4 Å². The van der Waals surface area contributed by atoms with Crippen molar-refractivity contribution in [2.75, 3.05) is 4.90 Å². The summed E-state index contributed by atoms with van der Waals surface area (Å²) in [5, 5.41) is 0.558. The first-order chi connectivity index (χ1) is 9.81. The first-order valence-corrected chi connectivity index (χ1v) is 8.51. The summed E-state index contributed by atoms with van der Waals surface area (Å²) in [4.78, 5) is 14.1. The highest BCUT2D eigenvalue weighted by Crippen LogP contribution is 2.42. The van der Waals surface area contributed by atoms with Crippen molar-refractivity contribution < 1.29 is 4.79 Å². The Kier molecular flexibility index (Phi) is 5.79. The molecule has 21 heavy (non-hydrogen) atoms. The smallest absolute Gasteiger partial charge is 0.275 e. The normalized spacial score (nSPS) is 19.5. The van der Waals surface area contributed by atoms with Crippen molar-refractivity contribution in [3.05, 3.63) is 29.3 Å². The van der Waals surface area contributed by atoms with Gasteiger partial charge in [0.25, 0.3) is 3.12 Å². The number of hydrogen-bond donors (Lipinski definition) is 1. The topological polar surface area (TPSA) is 35.6 Å². The summed E-state index contributed by atoms with van der Waals surface area (Å²) in [7, 11) is 0. The lowest BCUT2D eigenvalue weighted by Gasteiger charge is -2.22. The summed E-state index contributed by atoms with van der Waals surface area (Å²) >= 11 is 24.0. The van der Waals surface area contributed by atoms with Crippen LogP contribution in [0.4, 0.5) is 10.5 Å². The summed E-state index contributed by atoms with van der Waals surface area (Å²) in [6, 6.07) is 6.79. The molecule has 1 atom stereocenters. The van der Waals surface area contributed by atoms with Gasteiger partial charge in [0, 0.05) is 22.7 Å². The average molecular weight is 389 g/mol. The summed E-state index contributed by atoms with van der Waals surface area (Å²) in [5.74, 6) is 0. The van der Waals surface area contributed by atoms with Gasteiger partial charge < -0.3 is 0 Å². The molecule has 1 aromatic rings. The molecular weight excluding hydrogens is 376 g/mol. The third-order valence-corrected chi connectivity index (χ3v) is 4.31. The lowest BCUT2D eigenvalue weighted by Crippen LogP contribution is -2.37. The van der Waals surface area contributed by atoms with Crippen LogP contribution in [-0.2, 0) is 0 Å². The number of hydrazine groups is 1. The Balaban J connectivity index is 2.26. The predicted octanol–water partition coefficient (Wildman–Crippen LogP) is 5.19. The van der Waals surface area contributed by atoms with Gasteiger partial charge in [0.15, 0.2) is 0 Å². The van der Waals surface area contributed by atoms with Crippen molar-refractivity contribution in [3.63, 3.8) is 0 Å². The molecule has 0 radical (unpaired) electrons. The number of anilines is 1. The molecule has 0 bridgehead atoms. The first-order valence-electron chi connectivity index (χ1n) is 6.22. The third-order valence-electron chi connectivity index (χ3n) is 2.80. The van der Waals surface area contributed by atoms with Crippen molar-refractivity contribution in [2.45, 2.75) is 29.1 Å². The van der Waals surface area contributed by atoms with Gasteiger partial charge in [0.05, 0.1) is 0 Å². The number of rotatable bonds is 4. The number of amides is 2. The van der Waals surface area contributed by atoms with Crippen LogP contribution in [0.1, 0.15) is 19.8 Å². The third kappa shape index (κ3) is 4.47. The molecule has 2 amide bonds. The van der Waals surface area contributed by atoms with Crippen LogP contribution in [0.5, 0.6) is 0 Å². The van der Waals surface area contributed by atoms with E-state index in [1.165, 1.54) is 4.41 Å². The van der Waals surface area contributed by atoms with Crippen LogP contribution in [0.3, 0.4) is 0 Å². The molecule has 0 aliphatic carbocycles. The number of urea groups is 1. The zero-order valence-corrected chi connectivity index (χ0v) is 14.9. The lowest BCUT2D eigenvalue weighted by molar-refractivity contribution is 0.236. The molecule has 2 rings (SSSR count). The zero-order valence-electron chi connectivity index (χ0n) is 11.0.